The number of rotatable bonds is 5. The van der Waals surface area contributed by atoms with Gasteiger partial charge in [-0.2, -0.15) is 14.9 Å². The summed E-state index contributed by atoms with van der Waals surface area (Å²) >= 11 is 17.3. The Balaban J connectivity index is 1.72. The lowest BCUT2D eigenvalue weighted by atomic mass is 9.96. The first-order valence-electron chi connectivity index (χ1n) is 7.57. The van der Waals surface area contributed by atoms with Gasteiger partial charge >= 0.3 is 0 Å². The van der Waals surface area contributed by atoms with Gasteiger partial charge in [0.05, 0.1) is 5.02 Å². The van der Waals surface area contributed by atoms with E-state index in [4.69, 9.17) is 40.2 Å². The Morgan fingerprint density at radius 1 is 1.42 bits per heavy atom. The first-order chi connectivity index (χ1) is 11.6. The minimum absolute atomic E-state index is 0.176. The zero-order valence-electron chi connectivity index (χ0n) is 12.8. The highest BCUT2D eigenvalue weighted by atomic mass is 35.5. The van der Waals surface area contributed by atoms with Gasteiger partial charge < -0.3 is 4.74 Å². The molecule has 1 aromatic heterocycles. The maximum Gasteiger partial charge on any atom is 0.216 e. The Labute approximate surface area is 154 Å². The van der Waals surface area contributed by atoms with Gasteiger partial charge in [0.25, 0.3) is 0 Å². The van der Waals surface area contributed by atoms with Gasteiger partial charge in [0.2, 0.25) is 4.77 Å². The van der Waals surface area contributed by atoms with Crippen molar-refractivity contribution in [1.82, 2.24) is 14.9 Å². The van der Waals surface area contributed by atoms with E-state index in [1.54, 1.807) is 22.9 Å². The number of ether oxygens (including phenoxy) is 1. The van der Waals surface area contributed by atoms with Crippen LogP contribution in [0.2, 0.25) is 10.0 Å². The van der Waals surface area contributed by atoms with Crippen molar-refractivity contribution in [3.63, 3.8) is 0 Å². The summed E-state index contributed by atoms with van der Waals surface area (Å²) in [6.07, 6.45) is 9.47. The summed E-state index contributed by atoms with van der Waals surface area (Å²) in [6, 6.07) is 5.05. The summed E-state index contributed by atoms with van der Waals surface area (Å²) in [4.78, 5) is 0. The van der Waals surface area contributed by atoms with E-state index in [0.717, 1.165) is 19.3 Å². The Kier molecular flexibility index (Phi) is 5.71. The SMILES string of the molecule is S=c1[nH]nc(COc2cc(Cl)ccc2Cl)n1/N=C\[C@@H]1CC=CCC1. The molecule has 126 valence electrons. The molecule has 0 amide bonds. The van der Waals surface area contributed by atoms with Crippen molar-refractivity contribution in [2.45, 2.75) is 25.9 Å². The molecule has 0 radical (unpaired) electrons. The topological polar surface area (TPSA) is 55.2 Å². The van der Waals surface area contributed by atoms with Crippen LogP contribution in [0.25, 0.3) is 0 Å². The maximum absolute atomic E-state index is 6.09. The first-order valence-corrected chi connectivity index (χ1v) is 8.73. The van der Waals surface area contributed by atoms with Gasteiger partial charge in [0.15, 0.2) is 5.82 Å². The van der Waals surface area contributed by atoms with Crippen molar-refractivity contribution >= 4 is 41.6 Å². The average molecular weight is 383 g/mol. The normalized spacial score (nSPS) is 17.5. The third-order valence-corrected chi connectivity index (χ3v) is 4.48. The summed E-state index contributed by atoms with van der Waals surface area (Å²) in [5.74, 6) is 1.48. The minimum atomic E-state index is 0.176. The molecule has 8 heteroatoms. The third-order valence-electron chi connectivity index (χ3n) is 3.67. The molecule has 0 saturated heterocycles. The van der Waals surface area contributed by atoms with Gasteiger partial charge in [-0.1, -0.05) is 35.4 Å². The van der Waals surface area contributed by atoms with Crippen LogP contribution in [0.5, 0.6) is 5.75 Å². The molecule has 0 spiro atoms. The van der Waals surface area contributed by atoms with Gasteiger partial charge in [-0.3, -0.25) is 0 Å². The summed E-state index contributed by atoms with van der Waals surface area (Å²) in [7, 11) is 0. The smallest absolute Gasteiger partial charge is 0.216 e. The van der Waals surface area contributed by atoms with Gasteiger partial charge in [-0.25, -0.2) is 5.10 Å². The molecule has 3 rings (SSSR count). The summed E-state index contributed by atoms with van der Waals surface area (Å²) < 4.78 is 7.70. The molecule has 1 aromatic carbocycles. The van der Waals surface area contributed by atoms with Crippen molar-refractivity contribution in [2.75, 3.05) is 0 Å². The number of nitrogens with one attached hydrogen (secondary N) is 1. The third kappa shape index (κ3) is 4.26. The van der Waals surface area contributed by atoms with Crippen LogP contribution < -0.4 is 4.74 Å². The molecular formula is C16H16Cl2N4OS. The molecule has 0 unspecified atom stereocenters. The second-order valence-electron chi connectivity index (χ2n) is 5.43. The first kappa shape index (κ1) is 17.2. The summed E-state index contributed by atoms with van der Waals surface area (Å²) in [5, 5.41) is 12.4. The van der Waals surface area contributed by atoms with Gasteiger partial charge in [-0.05, 0) is 49.5 Å². The number of nitrogens with zero attached hydrogens (tertiary/aromatic N) is 3. The van der Waals surface area contributed by atoms with Gasteiger partial charge in [0.1, 0.15) is 12.4 Å². The molecule has 1 N–H and O–H groups in total. The molecule has 1 aliphatic rings. The fourth-order valence-corrected chi connectivity index (χ4v) is 2.91. The van der Waals surface area contributed by atoms with E-state index in [1.165, 1.54) is 0 Å². The van der Waals surface area contributed by atoms with E-state index in [1.807, 2.05) is 6.21 Å². The maximum atomic E-state index is 6.09. The molecule has 1 atom stereocenters. The van der Waals surface area contributed by atoms with Crippen LogP contribution in [-0.2, 0) is 6.61 Å². The van der Waals surface area contributed by atoms with Crippen LogP contribution in [0.3, 0.4) is 0 Å². The highest BCUT2D eigenvalue weighted by Crippen LogP contribution is 2.28. The molecule has 2 aromatic rings. The van der Waals surface area contributed by atoms with E-state index in [2.05, 4.69) is 27.5 Å². The monoisotopic (exact) mass is 382 g/mol. The van der Waals surface area contributed by atoms with Gasteiger partial charge in [-0.15, -0.1) is 0 Å². The standard InChI is InChI=1S/C16H16Cl2N4OS/c17-12-6-7-13(18)14(8-12)23-10-15-20-21-16(24)22(15)19-9-11-4-2-1-3-5-11/h1-2,6-9,11H,3-5,10H2,(H,21,24)/b19-9-/t11-/m1/s1. The van der Waals surface area contributed by atoms with E-state index in [-0.39, 0.29) is 6.61 Å². The van der Waals surface area contributed by atoms with Crippen LogP contribution in [0.15, 0.2) is 35.5 Å². The fraction of sp³-hybridized carbons (Fsp3) is 0.312. The Morgan fingerprint density at radius 2 is 2.29 bits per heavy atom. The fourth-order valence-electron chi connectivity index (χ4n) is 2.38. The van der Waals surface area contributed by atoms with Gasteiger partial charge in [0, 0.05) is 17.3 Å². The molecule has 0 aliphatic heterocycles. The Hall–Kier alpha value is -1.63. The zero-order chi connectivity index (χ0) is 16.9. The van der Waals surface area contributed by atoms with Crippen molar-refractivity contribution in [3.05, 3.63) is 51.0 Å². The minimum Gasteiger partial charge on any atom is -0.484 e. The van der Waals surface area contributed by atoms with E-state index in [0.29, 0.717) is 32.3 Å². The molecule has 1 aliphatic carbocycles. The van der Waals surface area contributed by atoms with Crippen molar-refractivity contribution in [1.29, 1.82) is 0 Å². The number of benzene rings is 1. The predicted octanol–water partition coefficient (Wildman–Crippen LogP) is 5.02. The molecule has 0 fully saturated rings. The molecule has 0 saturated carbocycles. The van der Waals surface area contributed by atoms with Crippen molar-refractivity contribution in [3.8, 4) is 5.75 Å². The average Bonchev–Trinajstić information content (AvgIpc) is 2.95. The van der Waals surface area contributed by atoms with Crippen LogP contribution in [0.4, 0.5) is 0 Å². The highest BCUT2D eigenvalue weighted by molar-refractivity contribution is 7.71. The number of hydrogen-bond donors (Lipinski definition) is 1. The van der Waals surface area contributed by atoms with E-state index in [9.17, 15) is 0 Å². The number of aromatic nitrogens is 3. The predicted molar refractivity (Wildman–Crippen MR) is 98.6 cm³/mol. The lowest BCUT2D eigenvalue weighted by Crippen LogP contribution is -2.08. The van der Waals surface area contributed by atoms with Crippen molar-refractivity contribution in [2.24, 2.45) is 11.0 Å². The second kappa shape index (κ2) is 7.96. The number of aromatic amines is 1. The van der Waals surface area contributed by atoms with Crippen LogP contribution >= 0.6 is 35.4 Å². The highest BCUT2D eigenvalue weighted by Gasteiger charge is 2.10. The summed E-state index contributed by atoms with van der Waals surface area (Å²) in [5.41, 5.74) is 0. The van der Waals surface area contributed by atoms with E-state index >= 15 is 0 Å². The molecule has 1 heterocycles. The zero-order valence-corrected chi connectivity index (χ0v) is 15.1. The Morgan fingerprint density at radius 3 is 3.08 bits per heavy atom. The number of halogens is 2. The number of H-pyrrole nitrogens is 1. The second-order valence-corrected chi connectivity index (χ2v) is 6.66. The molecule has 24 heavy (non-hydrogen) atoms. The van der Waals surface area contributed by atoms with E-state index < -0.39 is 0 Å². The number of hydrogen-bond acceptors (Lipinski definition) is 4. The lowest BCUT2D eigenvalue weighted by molar-refractivity contribution is 0.291. The van der Waals surface area contributed by atoms with Crippen LogP contribution in [0.1, 0.15) is 25.1 Å². The lowest BCUT2D eigenvalue weighted by Gasteiger charge is -2.12. The van der Waals surface area contributed by atoms with Crippen molar-refractivity contribution < 1.29 is 4.74 Å². The molecular weight excluding hydrogens is 367 g/mol. The van der Waals surface area contributed by atoms with Crippen LogP contribution in [0, 0.1) is 10.7 Å². The number of allylic oxidation sites excluding steroid dienone is 2. The van der Waals surface area contributed by atoms with Crippen LogP contribution in [-0.4, -0.2) is 21.1 Å². The quantitative estimate of drug-likeness (QED) is 0.448. The Bertz CT molecular complexity index is 828. The molecule has 0 bridgehead atoms. The summed E-state index contributed by atoms with van der Waals surface area (Å²) in [6.45, 7) is 0.176. The molecule has 5 nitrogen and oxygen atoms in total. The largest absolute Gasteiger partial charge is 0.484 e.